The molecule has 152 valence electrons. The van der Waals surface area contributed by atoms with Crippen LogP contribution in [-0.4, -0.2) is 32.5 Å². The molecule has 0 radical (unpaired) electrons. The first kappa shape index (κ1) is 19.4. The third kappa shape index (κ3) is 4.27. The molecule has 1 aliphatic rings. The molecule has 4 rings (SSSR count). The lowest BCUT2D eigenvalue weighted by atomic mass is 9.93. The second kappa shape index (κ2) is 7.87. The fourth-order valence-electron chi connectivity index (χ4n) is 3.65. The number of hydrogen-bond acceptors (Lipinski definition) is 4. The van der Waals surface area contributed by atoms with Gasteiger partial charge in [-0.15, -0.1) is 0 Å². The fourth-order valence-corrected chi connectivity index (χ4v) is 3.65. The van der Waals surface area contributed by atoms with Gasteiger partial charge in [-0.05, 0) is 49.9 Å². The van der Waals surface area contributed by atoms with Crippen molar-refractivity contribution in [3.8, 4) is 11.7 Å². The number of hydrogen-bond donors (Lipinski definition) is 2. The van der Waals surface area contributed by atoms with Crippen molar-refractivity contribution < 1.29 is 18.3 Å². The van der Waals surface area contributed by atoms with Crippen LogP contribution in [0.4, 0.5) is 13.2 Å². The first-order valence-electron chi connectivity index (χ1n) is 9.53. The maximum Gasteiger partial charge on any atom is 0.433 e. The molecule has 2 heterocycles. The highest BCUT2D eigenvalue weighted by Gasteiger charge is 2.33. The Morgan fingerprint density at radius 1 is 1.10 bits per heavy atom. The summed E-state index contributed by atoms with van der Waals surface area (Å²) in [4.78, 5) is 3.62. The zero-order valence-corrected chi connectivity index (χ0v) is 15.7. The van der Waals surface area contributed by atoms with Crippen LogP contribution in [-0.2, 0) is 25.4 Å². The summed E-state index contributed by atoms with van der Waals surface area (Å²) in [6, 6.07) is 13.9. The van der Waals surface area contributed by atoms with E-state index in [4.69, 9.17) is 0 Å². The monoisotopic (exact) mass is 402 g/mol. The molecule has 5 nitrogen and oxygen atoms in total. The maximum atomic E-state index is 12.9. The highest BCUT2D eigenvalue weighted by Crippen LogP contribution is 2.32. The van der Waals surface area contributed by atoms with Gasteiger partial charge >= 0.3 is 6.18 Å². The van der Waals surface area contributed by atoms with Crippen LogP contribution < -0.4 is 5.32 Å². The van der Waals surface area contributed by atoms with Crippen molar-refractivity contribution in [2.45, 2.75) is 37.9 Å². The molecule has 29 heavy (non-hydrogen) atoms. The van der Waals surface area contributed by atoms with Crippen molar-refractivity contribution in [3.63, 3.8) is 0 Å². The molecule has 1 aromatic carbocycles. The smallest absolute Gasteiger partial charge is 0.433 e. The van der Waals surface area contributed by atoms with Crippen LogP contribution in [0.15, 0.2) is 48.5 Å². The first-order chi connectivity index (χ1) is 13.9. The minimum Gasteiger partial charge on any atom is -0.493 e. The Morgan fingerprint density at radius 3 is 2.66 bits per heavy atom. The Hall–Kier alpha value is -2.87. The normalized spacial score (nSPS) is 16.6. The largest absolute Gasteiger partial charge is 0.493 e. The van der Waals surface area contributed by atoms with E-state index in [0.29, 0.717) is 24.1 Å². The molecule has 1 unspecified atom stereocenters. The molecule has 0 fully saturated rings. The Labute approximate surface area is 166 Å². The van der Waals surface area contributed by atoms with Gasteiger partial charge in [0.2, 0.25) is 5.88 Å². The average molecular weight is 402 g/mol. The van der Waals surface area contributed by atoms with E-state index < -0.39 is 11.9 Å². The van der Waals surface area contributed by atoms with Crippen molar-refractivity contribution in [3.05, 3.63) is 71.0 Å². The Morgan fingerprint density at radius 2 is 1.90 bits per heavy atom. The van der Waals surface area contributed by atoms with Crippen LogP contribution >= 0.6 is 0 Å². The van der Waals surface area contributed by atoms with Gasteiger partial charge < -0.3 is 10.4 Å². The van der Waals surface area contributed by atoms with E-state index in [1.165, 1.54) is 17.7 Å². The minimum atomic E-state index is -4.55. The van der Waals surface area contributed by atoms with Crippen molar-refractivity contribution in [2.24, 2.45) is 0 Å². The summed E-state index contributed by atoms with van der Waals surface area (Å²) in [5.41, 5.74) is 1.63. The number of aromatic hydroxyl groups is 1. The van der Waals surface area contributed by atoms with Crippen LogP contribution in [0, 0.1) is 0 Å². The standard InChI is InChI=1S/C21H21F3N4O/c22-21(23,24)18-7-4-8-19(26-18)28-20(29)16-13-15(9-10-17(16)27-28)25-12-11-14-5-2-1-3-6-14/h1-8,15,25,29H,9-13H2. The number of pyridine rings is 1. The topological polar surface area (TPSA) is 63.0 Å². The summed E-state index contributed by atoms with van der Waals surface area (Å²) in [7, 11) is 0. The van der Waals surface area contributed by atoms with Crippen molar-refractivity contribution in [1.82, 2.24) is 20.1 Å². The summed E-state index contributed by atoms with van der Waals surface area (Å²) < 4.78 is 39.9. The summed E-state index contributed by atoms with van der Waals surface area (Å²) in [6.45, 7) is 0.814. The zero-order valence-electron chi connectivity index (χ0n) is 15.7. The van der Waals surface area contributed by atoms with Gasteiger partial charge in [0.1, 0.15) is 5.69 Å². The maximum absolute atomic E-state index is 12.9. The number of alkyl halides is 3. The molecule has 2 aromatic heterocycles. The van der Waals surface area contributed by atoms with Gasteiger partial charge in [0.15, 0.2) is 5.82 Å². The molecule has 0 saturated heterocycles. The van der Waals surface area contributed by atoms with Crippen molar-refractivity contribution in [2.75, 3.05) is 6.54 Å². The zero-order chi connectivity index (χ0) is 20.4. The van der Waals surface area contributed by atoms with Crippen LogP contribution in [0.1, 0.15) is 28.9 Å². The molecule has 0 bridgehead atoms. The SMILES string of the molecule is Oc1c2c(nn1-c1cccc(C(F)(F)F)n1)CCC(NCCc1ccccc1)C2. The van der Waals surface area contributed by atoms with Crippen LogP contribution in [0.25, 0.3) is 5.82 Å². The van der Waals surface area contributed by atoms with E-state index in [9.17, 15) is 18.3 Å². The molecule has 8 heteroatoms. The van der Waals surface area contributed by atoms with Gasteiger partial charge in [0, 0.05) is 11.6 Å². The molecule has 1 atom stereocenters. The van der Waals surface area contributed by atoms with Crippen molar-refractivity contribution in [1.29, 1.82) is 0 Å². The van der Waals surface area contributed by atoms with E-state index in [1.807, 2.05) is 18.2 Å². The molecule has 2 N–H and O–H groups in total. The van der Waals surface area contributed by atoms with Crippen LogP contribution in [0.2, 0.25) is 0 Å². The van der Waals surface area contributed by atoms with Gasteiger partial charge in [-0.1, -0.05) is 36.4 Å². The number of nitrogens with one attached hydrogen (secondary N) is 1. The van der Waals surface area contributed by atoms with E-state index in [-0.39, 0.29) is 17.7 Å². The van der Waals surface area contributed by atoms with Gasteiger partial charge in [0.25, 0.3) is 0 Å². The quantitative estimate of drug-likeness (QED) is 0.684. The van der Waals surface area contributed by atoms with Gasteiger partial charge in [0.05, 0.1) is 5.69 Å². The number of benzene rings is 1. The third-order valence-corrected chi connectivity index (χ3v) is 5.15. The van der Waals surface area contributed by atoms with Crippen molar-refractivity contribution >= 4 is 0 Å². The highest BCUT2D eigenvalue weighted by atomic mass is 19.4. The average Bonchev–Trinajstić information content (AvgIpc) is 3.05. The van der Waals surface area contributed by atoms with Crippen LogP contribution in [0.3, 0.4) is 0 Å². The highest BCUT2D eigenvalue weighted by molar-refractivity contribution is 5.40. The number of rotatable bonds is 5. The van der Waals surface area contributed by atoms with Gasteiger partial charge in [-0.2, -0.15) is 23.0 Å². The van der Waals surface area contributed by atoms with E-state index in [0.717, 1.165) is 30.1 Å². The lowest BCUT2D eigenvalue weighted by molar-refractivity contribution is -0.141. The van der Waals surface area contributed by atoms with E-state index >= 15 is 0 Å². The lowest BCUT2D eigenvalue weighted by Crippen LogP contribution is -2.35. The number of fused-ring (bicyclic) bond motifs is 1. The van der Waals surface area contributed by atoms with Gasteiger partial charge in [-0.3, -0.25) is 0 Å². The lowest BCUT2D eigenvalue weighted by Gasteiger charge is -2.22. The molecule has 0 saturated carbocycles. The molecular weight excluding hydrogens is 381 g/mol. The molecular formula is C21H21F3N4O. The Balaban J connectivity index is 1.47. The Bertz CT molecular complexity index is 985. The number of halogens is 3. The third-order valence-electron chi connectivity index (χ3n) is 5.15. The summed E-state index contributed by atoms with van der Waals surface area (Å²) >= 11 is 0. The fraction of sp³-hybridized carbons (Fsp3) is 0.333. The predicted octanol–water partition coefficient (Wildman–Crippen LogP) is 3.68. The number of aromatic nitrogens is 3. The predicted molar refractivity (Wildman–Crippen MR) is 102 cm³/mol. The molecule has 0 amide bonds. The second-order valence-electron chi connectivity index (χ2n) is 7.17. The summed E-state index contributed by atoms with van der Waals surface area (Å²) in [6.07, 6.45) is -1.56. The Kier molecular flexibility index (Phi) is 5.27. The van der Waals surface area contributed by atoms with Crippen LogP contribution in [0.5, 0.6) is 5.88 Å². The van der Waals surface area contributed by atoms with E-state index in [2.05, 4.69) is 27.5 Å². The minimum absolute atomic E-state index is 0.0414. The molecule has 0 aliphatic heterocycles. The molecule has 0 spiro atoms. The van der Waals surface area contributed by atoms with Gasteiger partial charge in [-0.25, -0.2) is 4.98 Å². The summed E-state index contributed by atoms with van der Waals surface area (Å²) in [5.74, 6) is -0.179. The number of nitrogens with zero attached hydrogens (tertiary/aromatic N) is 3. The van der Waals surface area contributed by atoms with E-state index in [1.54, 1.807) is 0 Å². The summed E-state index contributed by atoms with van der Waals surface area (Å²) in [5, 5.41) is 18.4. The second-order valence-corrected chi connectivity index (χ2v) is 7.17. The first-order valence-corrected chi connectivity index (χ1v) is 9.53. The number of aryl methyl sites for hydroxylation is 1. The molecule has 3 aromatic rings. The molecule has 1 aliphatic carbocycles.